The van der Waals surface area contributed by atoms with Gasteiger partial charge in [0, 0.05) is 6.42 Å². The molecule has 0 spiro atoms. The molecule has 362 valence electrons. The number of rotatable bonds is 52. The molecule has 4 heteroatoms. The van der Waals surface area contributed by atoms with Gasteiger partial charge in [-0.15, -0.1) is 0 Å². The van der Waals surface area contributed by atoms with Gasteiger partial charge in [-0.25, -0.2) is 0 Å². The van der Waals surface area contributed by atoms with E-state index in [0.29, 0.717) is 12.8 Å². The number of allylic oxidation sites excluding steroid dienone is 4. The highest BCUT2D eigenvalue weighted by atomic mass is 16.3. The van der Waals surface area contributed by atoms with E-state index in [1.165, 1.54) is 257 Å². The lowest BCUT2D eigenvalue weighted by molar-refractivity contribution is -0.123. The Kier molecular flexibility index (Phi) is 52.2. The van der Waals surface area contributed by atoms with Crippen LogP contribution in [-0.2, 0) is 4.79 Å². The van der Waals surface area contributed by atoms with E-state index in [9.17, 15) is 15.0 Å². The van der Waals surface area contributed by atoms with Crippen molar-refractivity contribution in [3.05, 3.63) is 24.3 Å². The van der Waals surface area contributed by atoms with Crippen LogP contribution in [0, 0.1) is 0 Å². The van der Waals surface area contributed by atoms with E-state index in [0.717, 1.165) is 32.1 Å². The van der Waals surface area contributed by atoms with Crippen molar-refractivity contribution < 1.29 is 15.0 Å². The van der Waals surface area contributed by atoms with Gasteiger partial charge >= 0.3 is 0 Å². The van der Waals surface area contributed by atoms with Crippen LogP contribution in [0.3, 0.4) is 0 Å². The third-order valence-corrected chi connectivity index (χ3v) is 13.2. The van der Waals surface area contributed by atoms with Crippen molar-refractivity contribution in [2.75, 3.05) is 6.61 Å². The Hall–Kier alpha value is -1.13. The van der Waals surface area contributed by atoms with E-state index in [4.69, 9.17) is 0 Å². The zero-order valence-corrected chi connectivity index (χ0v) is 41.7. The smallest absolute Gasteiger partial charge is 0.220 e. The Morgan fingerprint density at radius 3 is 0.984 bits per heavy atom. The first-order valence-corrected chi connectivity index (χ1v) is 28.0. The topological polar surface area (TPSA) is 69.6 Å². The highest BCUT2D eigenvalue weighted by Crippen LogP contribution is 2.18. The van der Waals surface area contributed by atoms with Gasteiger partial charge in [0.05, 0.1) is 18.8 Å². The lowest BCUT2D eigenvalue weighted by atomic mass is 10.0. The standard InChI is InChI=1S/C57H111NO3/c1-3-5-7-9-11-13-15-17-19-21-22-23-24-25-26-27-28-29-30-31-32-33-34-35-36-37-39-41-43-45-47-49-51-53-57(61)58-55(54-59)56(60)52-50-48-46-44-42-40-38-20-18-16-14-12-10-8-6-4-2/h15,17,21-22,55-56,59-60H,3-14,16,18-20,23-54H2,1-2H3,(H,58,61)/b17-15-,22-21-. The second kappa shape index (κ2) is 53.2. The molecule has 0 aliphatic rings. The van der Waals surface area contributed by atoms with Crippen LogP contribution < -0.4 is 5.32 Å². The Labute approximate surface area is 383 Å². The summed E-state index contributed by atoms with van der Waals surface area (Å²) in [7, 11) is 0. The SMILES string of the molecule is CCCCCCC/C=C\C/C=C\CCCCCCCCCCCCCCCCCCCCCCCC(=O)NC(CO)C(O)CCCCCCCCCCCCCCCCCC. The summed E-state index contributed by atoms with van der Waals surface area (Å²) < 4.78 is 0. The molecule has 0 radical (unpaired) electrons. The Morgan fingerprint density at radius 2 is 0.672 bits per heavy atom. The summed E-state index contributed by atoms with van der Waals surface area (Å²) in [6.07, 6.45) is 70.2. The first-order valence-electron chi connectivity index (χ1n) is 28.0. The summed E-state index contributed by atoms with van der Waals surface area (Å²) in [6.45, 7) is 4.38. The third kappa shape index (κ3) is 49.7. The second-order valence-electron chi connectivity index (χ2n) is 19.4. The minimum atomic E-state index is -0.656. The minimum Gasteiger partial charge on any atom is -0.394 e. The van der Waals surface area contributed by atoms with E-state index in [1.807, 2.05) is 0 Å². The molecule has 3 N–H and O–H groups in total. The Bertz CT molecular complexity index is 886. The number of aliphatic hydroxyl groups excluding tert-OH is 2. The summed E-state index contributed by atoms with van der Waals surface area (Å²) in [6, 6.07) is -0.533. The lowest BCUT2D eigenvalue weighted by Gasteiger charge is -2.22. The molecule has 0 rings (SSSR count). The number of amides is 1. The first kappa shape index (κ1) is 59.9. The van der Waals surface area contributed by atoms with Crippen LogP contribution in [0.2, 0.25) is 0 Å². The molecule has 0 bridgehead atoms. The number of hydrogen-bond acceptors (Lipinski definition) is 3. The van der Waals surface area contributed by atoms with Gasteiger partial charge in [0.25, 0.3) is 0 Å². The van der Waals surface area contributed by atoms with Crippen LogP contribution in [0.15, 0.2) is 24.3 Å². The van der Waals surface area contributed by atoms with Crippen molar-refractivity contribution in [1.29, 1.82) is 0 Å². The lowest BCUT2D eigenvalue weighted by Crippen LogP contribution is -2.45. The first-order chi connectivity index (χ1) is 30.2. The van der Waals surface area contributed by atoms with Crippen LogP contribution in [0.4, 0.5) is 0 Å². The van der Waals surface area contributed by atoms with Gasteiger partial charge in [-0.1, -0.05) is 289 Å². The summed E-state index contributed by atoms with van der Waals surface area (Å²) in [5.74, 6) is -0.0252. The maximum Gasteiger partial charge on any atom is 0.220 e. The molecule has 2 atom stereocenters. The van der Waals surface area contributed by atoms with Gasteiger partial charge in [0.15, 0.2) is 0 Å². The van der Waals surface area contributed by atoms with Crippen LogP contribution in [0.5, 0.6) is 0 Å². The number of aliphatic hydroxyl groups is 2. The van der Waals surface area contributed by atoms with Gasteiger partial charge in [0.2, 0.25) is 5.91 Å². The number of carbonyl (C=O) groups excluding carboxylic acids is 1. The molecule has 0 saturated heterocycles. The molecular formula is C57H111NO3. The summed E-state index contributed by atoms with van der Waals surface area (Å²) in [4.78, 5) is 12.5. The number of carbonyl (C=O) groups is 1. The molecule has 0 aromatic rings. The monoisotopic (exact) mass is 858 g/mol. The fourth-order valence-electron chi connectivity index (χ4n) is 8.92. The number of unbranched alkanes of at least 4 members (excludes halogenated alkanes) is 41. The highest BCUT2D eigenvalue weighted by Gasteiger charge is 2.20. The van der Waals surface area contributed by atoms with E-state index >= 15 is 0 Å². The van der Waals surface area contributed by atoms with Crippen molar-refractivity contribution >= 4 is 5.91 Å². The highest BCUT2D eigenvalue weighted by molar-refractivity contribution is 5.76. The predicted molar refractivity (Wildman–Crippen MR) is 272 cm³/mol. The molecule has 0 aliphatic carbocycles. The summed E-state index contributed by atoms with van der Waals surface area (Å²) in [5.41, 5.74) is 0. The van der Waals surface area contributed by atoms with E-state index in [2.05, 4.69) is 43.5 Å². The van der Waals surface area contributed by atoms with Gasteiger partial charge in [-0.2, -0.15) is 0 Å². The number of hydrogen-bond donors (Lipinski definition) is 3. The largest absolute Gasteiger partial charge is 0.394 e. The molecular weight excluding hydrogens is 747 g/mol. The van der Waals surface area contributed by atoms with Crippen LogP contribution in [0.1, 0.15) is 316 Å². The fraction of sp³-hybridized carbons (Fsp3) is 0.912. The van der Waals surface area contributed by atoms with Gasteiger partial charge in [-0.3, -0.25) is 4.79 Å². The molecule has 1 amide bonds. The quantitative estimate of drug-likeness (QED) is 0.0422. The average molecular weight is 859 g/mol. The van der Waals surface area contributed by atoms with E-state index in [-0.39, 0.29) is 12.5 Å². The molecule has 0 aromatic heterocycles. The molecule has 0 fully saturated rings. The van der Waals surface area contributed by atoms with E-state index < -0.39 is 12.1 Å². The zero-order valence-electron chi connectivity index (χ0n) is 41.7. The molecule has 0 saturated carbocycles. The maximum absolute atomic E-state index is 12.5. The third-order valence-electron chi connectivity index (χ3n) is 13.2. The van der Waals surface area contributed by atoms with Crippen LogP contribution >= 0.6 is 0 Å². The van der Waals surface area contributed by atoms with E-state index in [1.54, 1.807) is 0 Å². The predicted octanol–water partition coefficient (Wildman–Crippen LogP) is 18.3. The average Bonchev–Trinajstić information content (AvgIpc) is 3.26. The van der Waals surface area contributed by atoms with Crippen molar-refractivity contribution in [1.82, 2.24) is 5.32 Å². The normalized spacial score (nSPS) is 12.9. The van der Waals surface area contributed by atoms with Crippen molar-refractivity contribution in [2.24, 2.45) is 0 Å². The fourth-order valence-corrected chi connectivity index (χ4v) is 8.92. The summed E-state index contributed by atoms with van der Waals surface area (Å²) >= 11 is 0. The van der Waals surface area contributed by atoms with Crippen molar-refractivity contribution in [3.8, 4) is 0 Å². The minimum absolute atomic E-state index is 0.0252. The van der Waals surface area contributed by atoms with Crippen LogP contribution in [0.25, 0.3) is 0 Å². The zero-order chi connectivity index (χ0) is 44.2. The van der Waals surface area contributed by atoms with Crippen LogP contribution in [-0.4, -0.2) is 34.9 Å². The maximum atomic E-state index is 12.5. The van der Waals surface area contributed by atoms with Gasteiger partial charge in [0.1, 0.15) is 0 Å². The Balaban J connectivity index is 3.39. The molecule has 0 aliphatic heterocycles. The Morgan fingerprint density at radius 1 is 0.393 bits per heavy atom. The van der Waals surface area contributed by atoms with Gasteiger partial charge < -0.3 is 15.5 Å². The molecule has 0 heterocycles. The van der Waals surface area contributed by atoms with Crippen molar-refractivity contribution in [2.45, 2.75) is 328 Å². The molecule has 61 heavy (non-hydrogen) atoms. The molecule has 4 nitrogen and oxygen atoms in total. The molecule has 2 unspecified atom stereocenters. The van der Waals surface area contributed by atoms with Gasteiger partial charge in [-0.05, 0) is 44.9 Å². The second-order valence-corrected chi connectivity index (χ2v) is 19.4. The summed E-state index contributed by atoms with van der Waals surface area (Å²) in [5, 5.41) is 23.3. The van der Waals surface area contributed by atoms with Crippen molar-refractivity contribution in [3.63, 3.8) is 0 Å². The molecule has 0 aromatic carbocycles. The number of nitrogens with one attached hydrogen (secondary N) is 1.